The third kappa shape index (κ3) is 4.99. The van der Waals surface area contributed by atoms with Gasteiger partial charge in [0, 0.05) is 16.4 Å². The summed E-state index contributed by atoms with van der Waals surface area (Å²) in [4.78, 5) is 0. The van der Waals surface area contributed by atoms with Gasteiger partial charge in [-0.2, -0.15) is 0 Å². The van der Waals surface area contributed by atoms with Crippen molar-refractivity contribution in [3.05, 3.63) is 173 Å². The van der Waals surface area contributed by atoms with Crippen molar-refractivity contribution in [2.45, 2.75) is 70.8 Å². The molecule has 0 saturated carbocycles. The van der Waals surface area contributed by atoms with Gasteiger partial charge >= 0.3 is 0 Å². The molecular formula is C55H46O. The average molecular weight is 723 g/mol. The lowest BCUT2D eigenvalue weighted by atomic mass is 9.61. The van der Waals surface area contributed by atoms with Gasteiger partial charge in [-0.15, -0.1) is 0 Å². The van der Waals surface area contributed by atoms with Gasteiger partial charge in [0.2, 0.25) is 0 Å². The minimum absolute atomic E-state index is 0.0176. The molecule has 0 N–H and O–H groups in total. The number of unbranched alkanes of at least 4 members (excludes halogenated alkanes) is 2. The first-order chi connectivity index (χ1) is 27.6. The van der Waals surface area contributed by atoms with Crippen molar-refractivity contribution in [3.8, 4) is 28.0 Å². The van der Waals surface area contributed by atoms with Gasteiger partial charge in [-0.25, -0.2) is 0 Å². The molecule has 1 heteroatoms. The van der Waals surface area contributed by atoms with E-state index >= 15 is 0 Å². The van der Waals surface area contributed by atoms with Crippen LogP contribution in [0.3, 0.4) is 0 Å². The van der Waals surface area contributed by atoms with E-state index in [1.807, 2.05) is 0 Å². The van der Waals surface area contributed by atoms with Crippen LogP contribution in [0.5, 0.6) is 5.75 Å². The van der Waals surface area contributed by atoms with E-state index in [9.17, 15) is 0 Å². The van der Waals surface area contributed by atoms with Gasteiger partial charge in [0.15, 0.2) is 0 Å². The molecule has 9 aromatic rings. The average Bonchev–Trinajstić information content (AvgIpc) is 3.24. The molecule has 56 heavy (non-hydrogen) atoms. The van der Waals surface area contributed by atoms with Crippen molar-refractivity contribution in [1.82, 2.24) is 0 Å². The molecule has 0 amide bonds. The lowest BCUT2D eigenvalue weighted by Gasteiger charge is -2.42. The van der Waals surface area contributed by atoms with Crippen LogP contribution < -0.4 is 4.74 Å². The van der Waals surface area contributed by atoms with Gasteiger partial charge in [-0.3, -0.25) is 0 Å². The standard InChI is InChI=1S/C55H46O/c1-3-5-27-55(28-6-4-2)52-25-21-35(37-19-23-47-43-15-8-7-13-41(43)42-14-9-10-16-44(42)49(47)32-37)29-39(52)31-40-30-36(22-26-53(40)55)38-20-24-48-50(33-38)45-17-11-12-18-46(45)51-34-56-54(48)51/h7-26,29-30,32-33H,3-6,27-28,31,34H2,1-2H3. The van der Waals surface area contributed by atoms with Gasteiger partial charge in [0.25, 0.3) is 0 Å². The minimum atomic E-state index is 0.0176. The SMILES string of the molecule is CCCCC1(CCCC)c2ccc(-c3ccc4c5c(c6ccccc6c4c3)CO5)cc2Cc2cc(-c3ccc4c5ccccc5c5ccccc5c4c3)ccc21. The number of fused-ring (bicyclic) bond motifs is 14. The lowest BCUT2D eigenvalue weighted by molar-refractivity contribution is 0.251. The number of benzene rings is 9. The first-order valence-electron chi connectivity index (χ1n) is 20.9. The van der Waals surface area contributed by atoms with Crippen LogP contribution in [0.15, 0.2) is 146 Å². The van der Waals surface area contributed by atoms with Crippen molar-refractivity contribution < 1.29 is 4.74 Å². The number of hydrogen-bond acceptors (Lipinski definition) is 1. The van der Waals surface area contributed by atoms with E-state index in [2.05, 4.69) is 159 Å². The van der Waals surface area contributed by atoms with Crippen molar-refractivity contribution in [2.75, 3.05) is 0 Å². The molecule has 272 valence electrons. The van der Waals surface area contributed by atoms with Crippen molar-refractivity contribution >= 4 is 53.9 Å². The fraction of sp³-hybridized carbons (Fsp3) is 0.200. The molecule has 0 fully saturated rings. The highest BCUT2D eigenvalue weighted by molar-refractivity contribution is 6.25. The van der Waals surface area contributed by atoms with Crippen LogP contribution >= 0.6 is 0 Å². The zero-order chi connectivity index (χ0) is 37.4. The molecule has 0 bridgehead atoms. The normalized spacial score (nSPS) is 14.1. The second-order valence-electron chi connectivity index (χ2n) is 16.5. The van der Waals surface area contributed by atoms with Gasteiger partial charge in [0.1, 0.15) is 12.4 Å². The number of ether oxygens (including phenoxy) is 1. The van der Waals surface area contributed by atoms with Crippen LogP contribution in [0.25, 0.3) is 76.1 Å². The van der Waals surface area contributed by atoms with Crippen molar-refractivity contribution in [1.29, 1.82) is 0 Å². The molecule has 1 aliphatic heterocycles. The van der Waals surface area contributed by atoms with E-state index in [1.165, 1.54) is 131 Å². The number of hydrogen-bond donors (Lipinski definition) is 0. The van der Waals surface area contributed by atoms with E-state index in [4.69, 9.17) is 4.74 Å². The summed E-state index contributed by atoms with van der Waals surface area (Å²) in [7, 11) is 0. The van der Waals surface area contributed by atoms with Crippen molar-refractivity contribution in [2.24, 2.45) is 0 Å². The smallest absolute Gasteiger partial charge is 0.134 e. The fourth-order valence-electron chi connectivity index (χ4n) is 10.6. The monoisotopic (exact) mass is 722 g/mol. The highest BCUT2D eigenvalue weighted by Crippen LogP contribution is 2.51. The first kappa shape index (κ1) is 33.4. The molecule has 1 heterocycles. The summed E-state index contributed by atoms with van der Waals surface area (Å²) in [5.74, 6) is 1.06. The maximum absolute atomic E-state index is 6.04. The minimum Gasteiger partial charge on any atom is -0.488 e. The third-order valence-electron chi connectivity index (χ3n) is 13.4. The summed E-state index contributed by atoms with van der Waals surface area (Å²) in [6.07, 6.45) is 8.17. The molecular weight excluding hydrogens is 677 g/mol. The summed E-state index contributed by atoms with van der Waals surface area (Å²) in [5.41, 5.74) is 12.6. The predicted molar refractivity (Wildman–Crippen MR) is 238 cm³/mol. The third-order valence-corrected chi connectivity index (χ3v) is 13.4. The van der Waals surface area contributed by atoms with E-state index < -0.39 is 0 Å². The van der Waals surface area contributed by atoms with Gasteiger partial charge in [0.05, 0.1) is 0 Å². The quantitative estimate of drug-likeness (QED) is 0.142. The molecule has 1 nitrogen and oxygen atoms in total. The second-order valence-corrected chi connectivity index (χ2v) is 16.5. The Kier molecular flexibility index (Phi) is 7.82. The first-order valence-corrected chi connectivity index (χ1v) is 20.9. The van der Waals surface area contributed by atoms with Crippen molar-refractivity contribution in [3.63, 3.8) is 0 Å². The molecule has 9 aromatic carbocycles. The Morgan fingerprint density at radius 2 is 0.839 bits per heavy atom. The zero-order valence-electron chi connectivity index (χ0n) is 32.4. The molecule has 0 spiro atoms. The lowest BCUT2D eigenvalue weighted by Crippen LogP contribution is -2.34. The molecule has 0 atom stereocenters. The van der Waals surface area contributed by atoms with Crippen LogP contribution in [0.2, 0.25) is 0 Å². The Balaban J connectivity index is 1.06. The molecule has 11 rings (SSSR count). The summed E-state index contributed by atoms with van der Waals surface area (Å²) in [5, 5.41) is 13.1. The van der Waals surface area contributed by atoms with Gasteiger partial charge in [-0.05, 0) is 124 Å². The topological polar surface area (TPSA) is 9.23 Å². The summed E-state index contributed by atoms with van der Waals surface area (Å²) < 4.78 is 6.04. The molecule has 1 aliphatic carbocycles. The van der Waals surface area contributed by atoms with E-state index in [1.54, 1.807) is 11.1 Å². The van der Waals surface area contributed by atoms with Crippen LogP contribution in [0.1, 0.15) is 80.2 Å². The van der Waals surface area contributed by atoms with Crippen LogP contribution in [0.4, 0.5) is 0 Å². The number of rotatable bonds is 8. The largest absolute Gasteiger partial charge is 0.488 e. The Labute approximate surface area is 329 Å². The van der Waals surface area contributed by atoms with E-state index in [0.29, 0.717) is 6.61 Å². The Bertz CT molecular complexity index is 2990. The summed E-state index contributed by atoms with van der Waals surface area (Å²) in [6.45, 7) is 5.39. The predicted octanol–water partition coefficient (Wildman–Crippen LogP) is 15.2. The van der Waals surface area contributed by atoms with E-state index in [0.717, 1.165) is 12.2 Å². The Hall–Kier alpha value is -5.92. The van der Waals surface area contributed by atoms with Crippen LogP contribution in [0, 0.1) is 0 Å². The maximum atomic E-state index is 6.04. The highest BCUT2D eigenvalue weighted by Gasteiger charge is 2.40. The highest BCUT2D eigenvalue weighted by atomic mass is 16.5. The molecule has 0 unspecified atom stereocenters. The Morgan fingerprint density at radius 3 is 1.34 bits per heavy atom. The molecule has 0 radical (unpaired) electrons. The molecule has 0 saturated heterocycles. The van der Waals surface area contributed by atoms with Crippen LogP contribution in [-0.2, 0) is 18.4 Å². The van der Waals surface area contributed by atoms with E-state index in [-0.39, 0.29) is 5.41 Å². The van der Waals surface area contributed by atoms with Crippen LogP contribution in [-0.4, -0.2) is 0 Å². The fourth-order valence-corrected chi connectivity index (χ4v) is 10.6. The second kappa shape index (κ2) is 13.1. The maximum Gasteiger partial charge on any atom is 0.134 e. The Morgan fingerprint density at radius 1 is 0.429 bits per heavy atom. The summed E-state index contributed by atoms with van der Waals surface area (Å²) >= 11 is 0. The van der Waals surface area contributed by atoms with Gasteiger partial charge in [-0.1, -0.05) is 173 Å². The molecule has 0 aromatic heterocycles. The summed E-state index contributed by atoms with van der Waals surface area (Å²) in [6, 6.07) is 55.7. The van der Waals surface area contributed by atoms with Gasteiger partial charge < -0.3 is 4.74 Å². The molecule has 2 aliphatic rings. The zero-order valence-corrected chi connectivity index (χ0v) is 32.4.